The second-order valence-electron chi connectivity index (χ2n) is 5.78. The third kappa shape index (κ3) is 3.15. The molecule has 5 heteroatoms. The number of carbonyl (C=O) groups is 1. The molecule has 0 saturated heterocycles. The molecule has 0 radical (unpaired) electrons. The van der Waals surface area contributed by atoms with Crippen molar-refractivity contribution < 1.29 is 9.90 Å². The summed E-state index contributed by atoms with van der Waals surface area (Å²) in [6, 6.07) is 15.2. The third-order valence-corrected chi connectivity index (χ3v) is 3.95. The Kier molecular flexibility index (Phi) is 4.33. The van der Waals surface area contributed by atoms with Gasteiger partial charge in [-0.3, -0.25) is 0 Å². The molecule has 122 valence electrons. The first-order valence-corrected chi connectivity index (χ1v) is 7.66. The smallest absolute Gasteiger partial charge is 0.336 e. The molecule has 0 aliphatic rings. The van der Waals surface area contributed by atoms with Gasteiger partial charge in [-0.05, 0) is 35.9 Å². The molecule has 24 heavy (non-hydrogen) atoms. The van der Waals surface area contributed by atoms with Gasteiger partial charge in [-0.15, -0.1) is 0 Å². The average Bonchev–Trinajstić information content (AvgIpc) is 3.03. The molecule has 1 heterocycles. The SMILES string of the molecule is CN(C)c1ccc(-c2nccn2Cc2ccccc2C(=O)O)cc1. The minimum atomic E-state index is -0.914. The summed E-state index contributed by atoms with van der Waals surface area (Å²) in [5.74, 6) is -0.0944. The van der Waals surface area contributed by atoms with E-state index in [1.807, 2.05) is 66.2 Å². The molecule has 0 aliphatic heterocycles. The van der Waals surface area contributed by atoms with Gasteiger partial charge in [0.2, 0.25) is 0 Å². The van der Waals surface area contributed by atoms with E-state index in [1.54, 1.807) is 18.3 Å². The van der Waals surface area contributed by atoms with E-state index in [1.165, 1.54) is 0 Å². The van der Waals surface area contributed by atoms with E-state index in [4.69, 9.17) is 0 Å². The molecule has 2 aromatic carbocycles. The van der Waals surface area contributed by atoms with Gasteiger partial charge < -0.3 is 14.6 Å². The number of benzene rings is 2. The van der Waals surface area contributed by atoms with Crippen LogP contribution in [0.25, 0.3) is 11.4 Å². The monoisotopic (exact) mass is 321 g/mol. The number of aromatic nitrogens is 2. The predicted octanol–water partition coefficient (Wildman–Crippen LogP) is 3.36. The van der Waals surface area contributed by atoms with E-state index in [0.717, 1.165) is 22.6 Å². The van der Waals surface area contributed by atoms with Crippen LogP contribution >= 0.6 is 0 Å². The van der Waals surface area contributed by atoms with Crippen molar-refractivity contribution in [3.05, 3.63) is 72.1 Å². The number of anilines is 1. The van der Waals surface area contributed by atoms with Crippen molar-refractivity contribution in [1.82, 2.24) is 9.55 Å². The summed E-state index contributed by atoms with van der Waals surface area (Å²) >= 11 is 0. The number of carboxylic acid groups (broad SMARTS) is 1. The van der Waals surface area contributed by atoms with Crippen LogP contribution in [0, 0.1) is 0 Å². The maximum Gasteiger partial charge on any atom is 0.336 e. The van der Waals surface area contributed by atoms with E-state index in [-0.39, 0.29) is 0 Å². The molecule has 0 saturated carbocycles. The Bertz CT molecular complexity index is 851. The van der Waals surface area contributed by atoms with Gasteiger partial charge in [0, 0.05) is 44.3 Å². The minimum Gasteiger partial charge on any atom is -0.478 e. The molecule has 0 fully saturated rings. The lowest BCUT2D eigenvalue weighted by Crippen LogP contribution is -2.09. The Labute approximate surface area is 140 Å². The van der Waals surface area contributed by atoms with E-state index in [0.29, 0.717) is 12.1 Å². The van der Waals surface area contributed by atoms with Crippen molar-refractivity contribution in [2.75, 3.05) is 19.0 Å². The Balaban J connectivity index is 1.93. The summed E-state index contributed by atoms with van der Waals surface area (Å²) in [6.45, 7) is 0.466. The molecule has 3 aromatic rings. The van der Waals surface area contributed by atoms with Gasteiger partial charge >= 0.3 is 5.97 Å². The summed E-state index contributed by atoms with van der Waals surface area (Å²) < 4.78 is 1.96. The lowest BCUT2D eigenvalue weighted by Gasteiger charge is -2.14. The standard InChI is InChI=1S/C19H19N3O2/c1-21(2)16-9-7-14(8-10-16)18-20-11-12-22(18)13-15-5-3-4-6-17(15)19(23)24/h3-12H,13H2,1-2H3,(H,23,24). The number of rotatable bonds is 5. The van der Waals surface area contributed by atoms with Crippen molar-refractivity contribution in [1.29, 1.82) is 0 Å². The van der Waals surface area contributed by atoms with Crippen LogP contribution in [0.15, 0.2) is 60.9 Å². The topological polar surface area (TPSA) is 58.4 Å². The van der Waals surface area contributed by atoms with Crippen molar-refractivity contribution in [3.63, 3.8) is 0 Å². The van der Waals surface area contributed by atoms with Gasteiger partial charge in [0.15, 0.2) is 0 Å². The molecule has 0 spiro atoms. The van der Waals surface area contributed by atoms with Crippen LogP contribution in [0.2, 0.25) is 0 Å². The summed E-state index contributed by atoms with van der Waals surface area (Å²) in [5.41, 5.74) is 3.20. The zero-order valence-corrected chi connectivity index (χ0v) is 13.7. The van der Waals surface area contributed by atoms with Crippen LogP contribution < -0.4 is 4.90 Å². The van der Waals surface area contributed by atoms with Crippen LogP contribution in [0.5, 0.6) is 0 Å². The van der Waals surface area contributed by atoms with Crippen molar-refractivity contribution in [3.8, 4) is 11.4 Å². The maximum absolute atomic E-state index is 11.4. The normalized spacial score (nSPS) is 10.6. The fourth-order valence-corrected chi connectivity index (χ4v) is 2.66. The van der Waals surface area contributed by atoms with Crippen LogP contribution in [0.4, 0.5) is 5.69 Å². The Hall–Kier alpha value is -3.08. The molecule has 3 rings (SSSR count). The summed E-state index contributed by atoms with van der Waals surface area (Å²) in [7, 11) is 4.00. The molecule has 0 amide bonds. The second kappa shape index (κ2) is 6.58. The molecule has 0 aliphatic carbocycles. The first-order valence-electron chi connectivity index (χ1n) is 7.66. The Morgan fingerprint density at radius 1 is 1.12 bits per heavy atom. The van der Waals surface area contributed by atoms with Crippen LogP contribution in [0.3, 0.4) is 0 Å². The van der Waals surface area contributed by atoms with E-state index >= 15 is 0 Å². The van der Waals surface area contributed by atoms with Gasteiger partial charge in [-0.2, -0.15) is 0 Å². The van der Waals surface area contributed by atoms with E-state index in [9.17, 15) is 9.90 Å². The molecule has 0 unspecified atom stereocenters. The quantitative estimate of drug-likeness (QED) is 0.783. The highest BCUT2D eigenvalue weighted by atomic mass is 16.4. The lowest BCUT2D eigenvalue weighted by molar-refractivity contribution is 0.0695. The third-order valence-electron chi connectivity index (χ3n) is 3.95. The number of hydrogen-bond donors (Lipinski definition) is 1. The largest absolute Gasteiger partial charge is 0.478 e. The van der Waals surface area contributed by atoms with Crippen LogP contribution in [-0.4, -0.2) is 34.7 Å². The van der Waals surface area contributed by atoms with Crippen molar-refractivity contribution in [2.45, 2.75) is 6.54 Å². The number of hydrogen-bond acceptors (Lipinski definition) is 3. The molecule has 1 N–H and O–H groups in total. The fourth-order valence-electron chi connectivity index (χ4n) is 2.66. The minimum absolute atomic E-state index is 0.320. The van der Waals surface area contributed by atoms with Gasteiger partial charge in [0.25, 0.3) is 0 Å². The molecular formula is C19H19N3O2. The van der Waals surface area contributed by atoms with Crippen molar-refractivity contribution in [2.24, 2.45) is 0 Å². The highest BCUT2D eigenvalue weighted by molar-refractivity contribution is 5.89. The maximum atomic E-state index is 11.4. The van der Waals surface area contributed by atoms with Gasteiger partial charge in [0.05, 0.1) is 5.56 Å². The zero-order valence-electron chi connectivity index (χ0n) is 13.7. The number of imidazole rings is 1. The zero-order chi connectivity index (χ0) is 17.1. The summed E-state index contributed by atoms with van der Waals surface area (Å²) in [6.07, 6.45) is 3.60. The first-order chi connectivity index (χ1) is 11.6. The summed E-state index contributed by atoms with van der Waals surface area (Å²) in [5, 5.41) is 9.33. The Morgan fingerprint density at radius 3 is 2.50 bits per heavy atom. The number of aromatic carboxylic acids is 1. The molecular weight excluding hydrogens is 302 g/mol. The second-order valence-corrected chi connectivity index (χ2v) is 5.78. The molecule has 0 bridgehead atoms. The predicted molar refractivity (Wildman–Crippen MR) is 94.5 cm³/mol. The highest BCUT2D eigenvalue weighted by Crippen LogP contribution is 2.22. The highest BCUT2D eigenvalue weighted by Gasteiger charge is 2.12. The number of carboxylic acids is 1. The first kappa shape index (κ1) is 15.8. The van der Waals surface area contributed by atoms with Gasteiger partial charge in [-0.1, -0.05) is 18.2 Å². The van der Waals surface area contributed by atoms with E-state index in [2.05, 4.69) is 4.98 Å². The van der Waals surface area contributed by atoms with Crippen LogP contribution in [-0.2, 0) is 6.54 Å². The van der Waals surface area contributed by atoms with Gasteiger partial charge in [0.1, 0.15) is 5.82 Å². The average molecular weight is 321 g/mol. The van der Waals surface area contributed by atoms with Gasteiger partial charge in [-0.25, -0.2) is 9.78 Å². The van der Waals surface area contributed by atoms with E-state index < -0.39 is 5.97 Å². The van der Waals surface area contributed by atoms with Crippen molar-refractivity contribution >= 4 is 11.7 Å². The number of nitrogens with zero attached hydrogens (tertiary/aromatic N) is 3. The Morgan fingerprint density at radius 2 is 1.83 bits per heavy atom. The fraction of sp³-hybridized carbons (Fsp3) is 0.158. The molecule has 0 atom stereocenters. The van der Waals surface area contributed by atoms with Crippen LogP contribution in [0.1, 0.15) is 15.9 Å². The molecule has 1 aromatic heterocycles. The lowest BCUT2D eigenvalue weighted by atomic mass is 10.1. The summed E-state index contributed by atoms with van der Waals surface area (Å²) in [4.78, 5) is 17.9. The molecule has 5 nitrogen and oxygen atoms in total.